The van der Waals surface area contributed by atoms with Gasteiger partial charge in [-0.15, -0.1) is 0 Å². The highest BCUT2D eigenvalue weighted by molar-refractivity contribution is 6.33. The van der Waals surface area contributed by atoms with Crippen molar-refractivity contribution in [2.24, 2.45) is 5.92 Å². The molecule has 3 rings (SSSR count). The molecule has 1 aromatic heterocycles. The molecule has 2 aromatic rings. The number of hydrogen-bond donors (Lipinski definition) is 1. The summed E-state index contributed by atoms with van der Waals surface area (Å²) in [7, 11) is 0. The minimum Gasteiger partial charge on any atom is -0.349 e. The third-order valence-electron chi connectivity index (χ3n) is 5.04. The van der Waals surface area contributed by atoms with Gasteiger partial charge >= 0.3 is 6.18 Å². The Morgan fingerprint density at radius 3 is 2.68 bits per heavy atom. The molecule has 1 saturated carbocycles. The molecule has 2 atom stereocenters. The maximum atomic E-state index is 13.0. The van der Waals surface area contributed by atoms with Gasteiger partial charge in [0, 0.05) is 11.1 Å². The molecule has 2 unspecified atom stereocenters. The molecular weight excluding hydrogens is 414 g/mol. The molecule has 0 radical (unpaired) electrons. The van der Waals surface area contributed by atoms with Crippen LogP contribution in [0, 0.1) is 12.8 Å². The zero-order valence-electron chi connectivity index (χ0n) is 15.2. The number of carbonyl (C=O) groups is 1. The molecule has 1 N–H and O–H groups in total. The van der Waals surface area contributed by atoms with E-state index in [9.17, 15) is 18.0 Å². The first kappa shape index (κ1) is 21.0. The molecule has 0 saturated heterocycles. The summed E-state index contributed by atoms with van der Waals surface area (Å²) >= 11 is 12.5. The summed E-state index contributed by atoms with van der Waals surface area (Å²) in [5.74, 6) is -1.88. The molecule has 1 aliphatic rings. The Morgan fingerprint density at radius 1 is 1.29 bits per heavy atom. The predicted octanol–water partition coefficient (Wildman–Crippen LogP) is 5.40. The summed E-state index contributed by atoms with van der Waals surface area (Å²) < 4.78 is 40.4. The fourth-order valence-corrected chi connectivity index (χ4v) is 4.10. The smallest absolute Gasteiger partial charge is 0.349 e. The van der Waals surface area contributed by atoms with Crippen LogP contribution in [0.4, 0.5) is 13.2 Å². The lowest BCUT2D eigenvalue weighted by Gasteiger charge is -2.31. The zero-order chi connectivity index (χ0) is 20.5. The average Bonchev–Trinajstić information content (AvgIpc) is 2.90. The molecule has 1 aromatic carbocycles. The highest BCUT2D eigenvalue weighted by Crippen LogP contribution is 2.37. The maximum Gasteiger partial charge on any atom is 0.391 e. The van der Waals surface area contributed by atoms with Crippen LogP contribution in [0.3, 0.4) is 0 Å². The fraction of sp³-hybridized carbons (Fsp3) is 0.474. The molecule has 0 spiro atoms. The number of rotatable bonds is 4. The number of nitrogens with one attached hydrogen (secondary N) is 1. The van der Waals surface area contributed by atoms with Crippen LogP contribution in [0.25, 0.3) is 0 Å². The first-order valence-electron chi connectivity index (χ1n) is 9.00. The van der Waals surface area contributed by atoms with Gasteiger partial charge in [0.2, 0.25) is 0 Å². The van der Waals surface area contributed by atoms with E-state index in [4.69, 9.17) is 23.2 Å². The second kappa shape index (κ2) is 8.33. The van der Waals surface area contributed by atoms with Gasteiger partial charge in [-0.25, -0.2) is 4.68 Å². The Morgan fingerprint density at radius 2 is 2.00 bits per heavy atom. The maximum absolute atomic E-state index is 13.0. The van der Waals surface area contributed by atoms with Gasteiger partial charge in [-0.1, -0.05) is 47.8 Å². The average molecular weight is 434 g/mol. The van der Waals surface area contributed by atoms with E-state index in [2.05, 4.69) is 10.4 Å². The number of nitrogens with zero attached hydrogens (tertiary/aromatic N) is 2. The Hall–Kier alpha value is -1.73. The third-order valence-corrected chi connectivity index (χ3v) is 5.80. The molecular formula is C19H20Cl2F3N3O. The van der Waals surface area contributed by atoms with Gasteiger partial charge in [-0.05, 0) is 37.8 Å². The summed E-state index contributed by atoms with van der Waals surface area (Å²) in [5, 5.41) is 7.70. The molecule has 9 heteroatoms. The molecule has 1 aliphatic carbocycles. The summed E-state index contributed by atoms with van der Waals surface area (Å²) in [4.78, 5) is 12.7. The number of aryl methyl sites for hydroxylation is 1. The lowest BCUT2D eigenvalue weighted by atomic mass is 9.85. The van der Waals surface area contributed by atoms with E-state index < -0.39 is 24.0 Å². The van der Waals surface area contributed by atoms with Gasteiger partial charge in [0.25, 0.3) is 5.91 Å². The fourth-order valence-electron chi connectivity index (χ4n) is 3.58. The Bertz CT molecular complexity index is 867. The van der Waals surface area contributed by atoms with Gasteiger partial charge in [-0.3, -0.25) is 4.79 Å². The van der Waals surface area contributed by atoms with Crippen molar-refractivity contribution in [3.8, 4) is 0 Å². The second-order valence-electron chi connectivity index (χ2n) is 7.08. The van der Waals surface area contributed by atoms with Crippen molar-refractivity contribution < 1.29 is 18.0 Å². The zero-order valence-corrected chi connectivity index (χ0v) is 16.7. The van der Waals surface area contributed by atoms with Crippen molar-refractivity contribution in [2.45, 2.75) is 51.4 Å². The van der Waals surface area contributed by atoms with Crippen molar-refractivity contribution in [1.29, 1.82) is 0 Å². The summed E-state index contributed by atoms with van der Waals surface area (Å²) in [6, 6.07) is 6.68. The standard InChI is InChI=1S/C19H20Cl2F3N3O/c1-11-16(17(21)27(26-11)10-12-5-2-3-8-15(12)20)18(28)25-14-7-4-6-13(9-14)19(22,23)24/h2-3,5,8,13-14H,4,6-7,9-10H2,1H3,(H,25,28). The van der Waals surface area contributed by atoms with Crippen molar-refractivity contribution in [1.82, 2.24) is 15.1 Å². The first-order valence-corrected chi connectivity index (χ1v) is 9.76. The lowest BCUT2D eigenvalue weighted by molar-refractivity contribution is -0.183. The SMILES string of the molecule is Cc1nn(Cc2ccccc2Cl)c(Cl)c1C(=O)NC1CCCC(C(F)(F)F)C1. The molecule has 0 bridgehead atoms. The van der Waals surface area contributed by atoms with E-state index >= 15 is 0 Å². The van der Waals surface area contributed by atoms with Crippen LogP contribution < -0.4 is 5.32 Å². The number of alkyl halides is 3. The van der Waals surface area contributed by atoms with E-state index in [-0.39, 0.29) is 30.1 Å². The van der Waals surface area contributed by atoms with Crippen LogP contribution >= 0.6 is 23.2 Å². The van der Waals surface area contributed by atoms with Gasteiger partial charge in [0.05, 0.1) is 23.7 Å². The summed E-state index contributed by atoms with van der Waals surface area (Å²) in [6.07, 6.45) is -3.31. The number of benzene rings is 1. The largest absolute Gasteiger partial charge is 0.391 e. The highest BCUT2D eigenvalue weighted by atomic mass is 35.5. The number of halogens is 5. The number of aromatic nitrogens is 2. The van der Waals surface area contributed by atoms with Crippen LogP contribution in [0.15, 0.2) is 24.3 Å². The quantitative estimate of drug-likeness (QED) is 0.701. The van der Waals surface area contributed by atoms with Crippen LogP contribution in [-0.2, 0) is 6.54 Å². The molecule has 28 heavy (non-hydrogen) atoms. The Balaban J connectivity index is 1.74. The van der Waals surface area contributed by atoms with Gasteiger partial charge < -0.3 is 5.32 Å². The number of hydrogen-bond acceptors (Lipinski definition) is 2. The topological polar surface area (TPSA) is 46.9 Å². The number of carbonyl (C=O) groups excluding carboxylic acids is 1. The van der Waals surface area contributed by atoms with Gasteiger partial charge in [0.1, 0.15) is 5.15 Å². The van der Waals surface area contributed by atoms with Crippen LogP contribution in [0.5, 0.6) is 0 Å². The molecule has 1 heterocycles. The highest BCUT2D eigenvalue weighted by Gasteiger charge is 2.42. The van der Waals surface area contributed by atoms with Gasteiger partial charge in [-0.2, -0.15) is 18.3 Å². The number of amides is 1. The summed E-state index contributed by atoms with van der Waals surface area (Å²) in [6.45, 7) is 1.93. The van der Waals surface area contributed by atoms with Crippen molar-refractivity contribution >= 4 is 29.1 Å². The van der Waals surface area contributed by atoms with Gasteiger partial charge in [0.15, 0.2) is 0 Å². The minimum atomic E-state index is -4.24. The minimum absolute atomic E-state index is 0.103. The predicted molar refractivity (Wildman–Crippen MR) is 102 cm³/mol. The van der Waals surface area contributed by atoms with Crippen molar-refractivity contribution in [2.75, 3.05) is 0 Å². The van der Waals surface area contributed by atoms with Crippen LogP contribution in [0.2, 0.25) is 10.2 Å². The first-order chi connectivity index (χ1) is 13.2. The van der Waals surface area contributed by atoms with Crippen molar-refractivity contribution in [3.05, 3.63) is 51.3 Å². The molecule has 152 valence electrons. The van der Waals surface area contributed by atoms with E-state index in [1.807, 2.05) is 12.1 Å². The summed E-state index contributed by atoms with van der Waals surface area (Å²) in [5.41, 5.74) is 1.39. The van der Waals surface area contributed by atoms with E-state index in [1.54, 1.807) is 19.1 Å². The normalized spacial score (nSPS) is 20.2. The van der Waals surface area contributed by atoms with Crippen LogP contribution in [0.1, 0.15) is 47.3 Å². The van der Waals surface area contributed by atoms with Crippen LogP contribution in [-0.4, -0.2) is 27.9 Å². The molecule has 0 aliphatic heterocycles. The Kier molecular flexibility index (Phi) is 6.25. The molecule has 4 nitrogen and oxygen atoms in total. The third kappa shape index (κ3) is 4.63. The lowest BCUT2D eigenvalue weighted by Crippen LogP contribution is -2.41. The van der Waals surface area contributed by atoms with E-state index in [1.165, 1.54) is 4.68 Å². The van der Waals surface area contributed by atoms with E-state index in [0.717, 1.165) is 5.56 Å². The Labute approximate surface area is 171 Å². The van der Waals surface area contributed by atoms with E-state index in [0.29, 0.717) is 23.6 Å². The molecule has 1 amide bonds. The second-order valence-corrected chi connectivity index (χ2v) is 7.84. The monoisotopic (exact) mass is 433 g/mol. The molecule has 1 fully saturated rings. The van der Waals surface area contributed by atoms with Crippen molar-refractivity contribution in [3.63, 3.8) is 0 Å².